The highest BCUT2D eigenvalue weighted by Crippen LogP contribution is 2.05. The third-order valence-electron chi connectivity index (χ3n) is 2.49. The minimum absolute atomic E-state index is 0.0198. The average Bonchev–Trinajstić information content (AvgIpc) is 2.34. The van der Waals surface area contributed by atoms with Gasteiger partial charge in [-0.05, 0) is 44.1 Å². The normalized spacial score (nSPS) is 10.1. The Labute approximate surface area is 97.2 Å². The lowest BCUT2D eigenvalue weighted by Gasteiger charge is -2.06. The largest absolute Gasteiger partial charge is 0.352 e. The summed E-state index contributed by atoms with van der Waals surface area (Å²) in [5.41, 5.74) is 1.95. The highest BCUT2D eigenvalue weighted by molar-refractivity contribution is 5.94. The van der Waals surface area contributed by atoms with E-state index in [9.17, 15) is 4.79 Å². The number of rotatable bonds is 6. The van der Waals surface area contributed by atoms with Crippen LogP contribution in [0, 0.1) is 0 Å². The average molecular weight is 220 g/mol. The van der Waals surface area contributed by atoms with Gasteiger partial charge >= 0.3 is 0 Å². The van der Waals surface area contributed by atoms with Crippen LogP contribution < -0.4 is 10.6 Å². The molecule has 2 N–H and O–H groups in total. The predicted octanol–water partition coefficient (Wildman–Crippen LogP) is 1.59. The quantitative estimate of drug-likeness (QED) is 0.715. The summed E-state index contributed by atoms with van der Waals surface area (Å²) in [5, 5.41) is 5.95. The second-order valence-corrected chi connectivity index (χ2v) is 3.77. The van der Waals surface area contributed by atoms with E-state index in [4.69, 9.17) is 0 Å². The van der Waals surface area contributed by atoms with Crippen molar-refractivity contribution in [2.75, 3.05) is 20.1 Å². The Morgan fingerprint density at radius 1 is 1.31 bits per heavy atom. The van der Waals surface area contributed by atoms with Crippen LogP contribution in [0.25, 0.3) is 0 Å². The third-order valence-corrected chi connectivity index (χ3v) is 2.49. The molecule has 0 bridgehead atoms. The Balaban J connectivity index is 2.46. The van der Waals surface area contributed by atoms with Gasteiger partial charge in [0.25, 0.3) is 5.91 Å². The van der Waals surface area contributed by atoms with Crippen LogP contribution in [-0.4, -0.2) is 26.0 Å². The van der Waals surface area contributed by atoms with Crippen molar-refractivity contribution in [3.63, 3.8) is 0 Å². The van der Waals surface area contributed by atoms with E-state index < -0.39 is 0 Å². The highest BCUT2D eigenvalue weighted by Gasteiger charge is 2.04. The number of hydrogen-bond acceptors (Lipinski definition) is 2. The molecular weight excluding hydrogens is 200 g/mol. The summed E-state index contributed by atoms with van der Waals surface area (Å²) in [6.45, 7) is 3.73. The molecule has 0 aliphatic rings. The van der Waals surface area contributed by atoms with Crippen LogP contribution >= 0.6 is 0 Å². The van der Waals surface area contributed by atoms with E-state index in [0.717, 1.165) is 31.5 Å². The zero-order valence-corrected chi connectivity index (χ0v) is 10.0. The number of nitrogens with one attached hydrogen (secondary N) is 2. The molecule has 0 heterocycles. The summed E-state index contributed by atoms with van der Waals surface area (Å²) in [4.78, 5) is 11.7. The summed E-state index contributed by atoms with van der Waals surface area (Å²) in [7, 11) is 1.91. The molecule has 0 saturated heterocycles. The second kappa shape index (κ2) is 7.01. The van der Waals surface area contributed by atoms with E-state index in [1.54, 1.807) is 0 Å². The van der Waals surface area contributed by atoms with Gasteiger partial charge < -0.3 is 10.6 Å². The van der Waals surface area contributed by atoms with Crippen LogP contribution in [0.5, 0.6) is 0 Å². The maximum absolute atomic E-state index is 11.7. The topological polar surface area (TPSA) is 41.1 Å². The first-order valence-electron chi connectivity index (χ1n) is 5.79. The highest BCUT2D eigenvalue weighted by atomic mass is 16.1. The van der Waals surface area contributed by atoms with Crippen LogP contribution in [0.4, 0.5) is 0 Å². The fourth-order valence-electron chi connectivity index (χ4n) is 1.50. The van der Waals surface area contributed by atoms with Gasteiger partial charge in [-0.1, -0.05) is 19.1 Å². The summed E-state index contributed by atoms with van der Waals surface area (Å²) in [5.74, 6) is 0.0198. The van der Waals surface area contributed by atoms with Gasteiger partial charge in [-0.2, -0.15) is 0 Å². The number of carbonyl (C=O) groups excluding carboxylic acids is 1. The van der Waals surface area contributed by atoms with Crippen LogP contribution in [0.3, 0.4) is 0 Å². The Morgan fingerprint density at radius 3 is 2.81 bits per heavy atom. The molecule has 0 aliphatic heterocycles. The van der Waals surface area contributed by atoms with Gasteiger partial charge in [-0.15, -0.1) is 0 Å². The zero-order valence-electron chi connectivity index (χ0n) is 10.0. The van der Waals surface area contributed by atoms with Crippen LogP contribution in [0.1, 0.15) is 29.3 Å². The first kappa shape index (κ1) is 12.7. The summed E-state index contributed by atoms with van der Waals surface area (Å²) < 4.78 is 0. The van der Waals surface area contributed by atoms with E-state index >= 15 is 0 Å². The molecule has 88 valence electrons. The van der Waals surface area contributed by atoms with Crippen molar-refractivity contribution in [1.29, 1.82) is 0 Å². The minimum Gasteiger partial charge on any atom is -0.352 e. The van der Waals surface area contributed by atoms with Gasteiger partial charge in [0.15, 0.2) is 0 Å². The first-order valence-corrected chi connectivity index (χ1v) is 5.79. The lowest BCUT2D eigenvalue weighted by molar-refractivity contribution is 0.0953. The molecule has 0 aromatic heterocycles. The van der Waals surface area contributed by atoms with Gasteiger partial charge in [0.05, 0.1) is 0 Å². The molecule has 1 rings (SSSR count). The van der Waals surface area contributed by atoms with E-state index in [-0.39, 0.29) is 5.91 Å². The smallest absolute Gasteiger partial charge is 0.251 e. The predicted molar refractivity (Wildman–Crippen MR) is 66.7 cm³/mol. The standard InChI is InChI=1S/C13H20N2O/c1-3-11-6-4-7-12(10-11)13(16)15-9-5-8-14-2/h4,6-7,10,14H,3,5,8-9H2,1-2H3,(H,15,16). The summed E-state index contributed by atoms with van der Waals surface area (Å²) in [6, 6.07) is 7.78. The number of benzene rings is 1. The van der Waals surface area contributed by atoms with Crippen molar-refractivity contribution in [2.45, 2.75) is 19.8 Å². The van der Waals surface area contributed by atoms with Gasteiger partial charge in [-0.25, -0.2) is 0 Å². The first-order chi connectivity index (χ1) is 7.77. The Bertz CT molecular complexity index is 336. The van der Waals surface area contributed by atoms with Crippen molar-refractivity contribution in [1.82, 2.24) is 10.6 Å². The molecule has 1 amide bonds. The lowest BCUT2D eigenvalue weighted by atomic mass is 10.1. The van der Waals surface area contributed by atoms with Crippen molar-refractivity contribution in [3.05, 3.63) is 35.4 Å². The molecule has 0 spiro atoms. The molecule has 0 radical (unpaired) electrons. The molecule has 16 heavy (non-hydrogen) atoms. The molecule has 0 aliphatic carbocycles. The Hall–Kier alpha value is -1.35. The third kappa shape index (κ3) is 4.03. The SMILES string of the molecule is CCc1cccc(C(=O)NCCCNC)c1. The van der Waals surface area contributed by atoms with Crippen molar-refractivity contribution in [2.24, 2.45) is 0 Å². The Kier molecular flexibility index (Phi) is 5.57. The van der Waals surface area contributed by atoms with Crippen LogP contribution in [-0.2, 0) is 6.42 Å². The fraction of sp³-hybridized carbons (Fsp3) is 0.462. The molecule has 0 atom stereocenters. The molecule has 0 unspecified atom stereocenters. The Morgan fingerprint density at radius 2 is 2.12 bits per heavy atom. The van der Waals surface area contributed by atoms with E-state index in [1.165, 1.54) is 5.56 Å². The van der Waals surface area contributed by atoms with Gasteiger partial charge in [0, 0.05) is 12.1 Å². The van der Waals surface area contributed by atoms with E-state index in [0.29, 0.717) is 0 Å². The minimum atomic E-state index is 0.0198. The number of carbonyl (C=O) groups is 1. The zero-order chi connectivity index (χ0) is 11.8. The van der Waals surface area contributed by atoms with Crippen LogP contribution in [0.2, 0.25) is 0 Å². The molecule has 3 nitrogen and oxygen atoms in total. The summed E-state index contributed by atoms with van der Waals surface area (Å²) >= 11 is 0. The number of amides is 1. The number of hydrogen-bond donors (Lipinski definition) is 2. The van der Waals surface area contributed by atoms with Gasteiger partial charge in [0.2, 0.25) is 0 Å². The van der Waals surface area contributed by atoms with Gasteiger partial charge in [-0.3, -0.25) is 4.79 Å². The molecular formula is C13H20N2O. The van der Waals surface area contributed by atoms with E-state index in [1.807, 2.05) is 31.3 Å². The lowest BCUT2D eigenvalue weighted by Crippen LogP contribution is -2.26. The maximum atomic E-state index is 11.7. The van der Waals surface area contributed by atoms with Gasteiger partial charge in [0.1, 0.15) is 0 Å². The van der Waals surface area contributed by atoms with Crippen molar-refractivity contribution >= 4 is 5.91 Å². The molecule has 0 fully saturated rings. The number of aryl methyl sites for hydroxylation is 1. The summed E-state index contributed by atoms with van der Waals surface area (Å²) in [6.07, 6.45) is 1.91. The van der Waals surface area contributed by atoms with Crippen LogP contribution in [0.15, 0.2) is 24.3 Å². The molecule has 3 heteroatoms. The monoisotopic (exact) mass is 220 g/mol. The molecule has 0 saturated carbocycles. The van der Waals surface area contributed by atoms with E-state index in [2.05, 4.69) is 17.6 Å². The van der Waals surface area contributed by atoms with Crippen molar-refractivity contribution < 1.29 is 4.79 Å². The molecule has 1 aromatic rings. The maximum Gasteiger partial charge on any atom is 0.251 e. The van der Waals surface area contributed by atoms with Crippen molar-refractivity contribution in [3.8, 4) is 0 Å². The fourth-order valence-corrected chi connectivity index (χ4v) is 1.50. The molecule has 1 aromatic carbocycles. The second-order valence-electron chi connectivity index (χ2n) is 3.77.